The lowest BCUT2D eigenvalue weighted by molar-refractivity contribution is -0.127. The van der Waals surface area contributed by atoms with Gasteiger partial charge in [0.05, 0.1) is 6.54 Å². The molecule has 1 heterocycles. The number of hydrogen-bond donors (Lipinski definition) is 4. The van der Waals surface area contributed by atoms with Crippen LogP contribution in [0.2, 0.25) is 0 Å². The van der Waals surface area contributed by atoms with Crippen LogP contribution in [0.4, 0.5) is 0 Å². The molecule has 0 saturated carbocycles. The van der Waals surface area contributed by atoms with Crippen molar-refractivity contribution in [1.29, 1.82) is 0 Å². The summed E-state index contributed by atoms with van der Waals surface area (Å²) in [4.78, 5) is 22.4. The highest BCUT2D eigenvalue weighted by Crippen LogP contribution is 1.93. The van der Waals surface area contributed by atoms with Crippen LogP contribution in [0.25, 0.3) is 0 Å². The van der Waals surface area contributed by atoms with E-state index in [-0.39, 0.29) is 37.0 Å². The maximum Gasteiger partial charge on any atom is 0.239 e. The molecule has 0 aromatic heterocycles. The Bertz CT molecular complexity index is 235. The van der Waals surface area contributed by atoms with E-state index in [1.165, 1.54) is 0 Å². The molecule has 2 atom stereocenters. The van der Waals surface area contributed by atoms with Crippen molar-refractivity contribution >= 4 is 11.8 Å². The predicted molar refractivity (Wildman–Crippen MR) is 54.1 cm³/mol. The minimum Gasteiger partial charge on any atom is -0.396 e. The molecule has 1 saturated heterocycles. The first-order valence-corrected chi connectivity index (χ1v) is 5.05. The molecule has 0 aromatic carbocycles. The molecule has 1 aliphatic rings. The van der Waals surface area contributed by atoms with E-state index in [2.05, 4.69) is 16.0 Å². The van der Waals surface area contributed by atoms with Crippen LogP contribution >= 0.6 is 0 Å². The fraction of sp³-hybridized carbons (Fsp3) is 0.778. The van der Waals surface area contributed by atoms with E-state index >= 15 is 0 Å². The molecule has 86 valence electrons. The third-order valence-electron chi connectivity index (χ3n) is 2.28. The van der Waals surface area contributed by atoms with Crippen LogP contribution in [-0.2, 0) is 9.59 Å². The molecule has 0 aliphatic carbocycles. The summed E-state index contributed by atoms with van der Waals surface area (Å²) in [5.41, 5.74) is 0. The Morgan fingerprint density at radius 2 is 2.47 bits per heavy atom. The maximum atomic E-state index is 11.6. The molecule has 0 bridgehead atoms. The molecule has 15 heavy (non-hydrogen) atoms. The molecule has 0 spiro atoms. The first-order chi connectivity index (χ1) is 7.13. The van der Waals surface area contributed by atoms with Gasteiger partial charge in [-0.15, -0.1) is 0 Å². The van der Waals surface area contributed by atoms with E-state index in [9.17, 15) is 9.59 Å². The van der Waals surface area contributed by atoms with Crippen molar-refractivity contribution in [2.75, 3.05) is 19.7 Å². The summed E-state index contributed by atoms with van der Waals surface area (Å²) in [6.45, 7) is 2.37. The van der Waals surface area contributed by atoms with Gasteiger partial charge in [-0.3, -0.25) is 14.9 Å². The second kappa shape index (κ2) is 5.67. The van der Waals surface area contributed by atoms with E-state index in [1.807, 2.05) is 6.92 Å². The Hall–Kier alpha value is -1.14. The summed E-state index contributed by atoms with van der Waals surface area (Å²) in [6, 6.07) is -0.425. The van der Waals surface area contributed by atoms with Gasteiger partial charge in [-0.2, -0.15) is 0 Å². The molecule has 0 radical (unpaired) electrons. The normalized spacial score (nSPS) is 23.1. The van der Waals surface area contributed by atoms with Crippen LogP contribution in [-0.4, -0.2) is 48.7 Å². The van der Waals surface area contributed by atoms with Gasteiger partial charge < -0.3 is 15.7 Å². The average Bonchev–Trinajstić information content (AvgIpc) is 2.18. The van der Waals surface area contributed by atoms with Crippen LogP contribution < -0.4 is 16.0 Å². The summed E-state index contributed by atoms with van der Waals surface area (Å²) >= 11 is 0. The Balaban J connectivity index is 2.30. The Labute approximate surface area is 88.4 Å². The molecular formula is C9H17N3O3. The number of nitrogens with one attached hydrogen (secondary N) is 3. The van der Waals surface area contributed by atoms with E-state index < -0.39 is 0 Å². The first kappa shape index (κ1) is 11.9. The van der Waals surface area contributed by atoms with Crippen LogP contribution in [0.1, 0.15) is 13.3 Å². The standard InChI is InChI=1S/C9H17N3O3/c1-6(2-3-13)12-9(15)7-4-11-8(14)5-10-7/h6-7,10,13H,2-5H2,1H3,(H,11,14)(H,12,15). The summed E-state index contributed by atoms with van der Waals surface area (Å²) in [5, 5.41) is 16.9. The van der Waals surface area contributed by atoms with Gasteiger partial charge in [0, 0.05) is 19.2 Å². The minimum atomic E-state index is -0.371. The average molecular weight is 215 g/mol. The molecular weight excluding hydrogens is 198 g/mol. The second-order valence-electron chi connectivity index (χ2n) is 3.66. The fourth-order valence-electron chi connectivity index (χ4n) is 1.36. The van der Waals surface area contributed by atoms with Gasteiger partial charge in [-0.1, -0.05) is 0 Å². The highest BCUT2D eigenvalue weighted by atomic mass is 16.3. The van der Waals surface area contributed by atoms with Crippen molar-refractivity contribution in [2.24, 2.45) is 0 Å². The third kappa shape index (κ3) is 3.85. The number of aliphatic hydroxyl groups is 1. The summed E-state index contributed by atoms with van der Waals surface area (Å²) < 4.78 is 0. The maximum absolute atomic E-state index is 11.6. The topological polar surface area (TPSA) is 90.5 Å². The SMILES string of the molecule is CC(CCO)NC(=O)C1CNC(=O)CN1. The number of hydrogen-bond acceptors (Lipinski definition) is 4. The van der Waals surface area contributed by atoms with E-state index in [1.54, 1.807) is 0 Å². The zero-order valence-electron chi connectivity index (χ0n) is 8.75. The lowest BCUT2D eigenvalue weighted by atomic mass is 10.2. The molecule has 1 aliphatic heterocycles. The van der Waals surface area contributed by atoms with E-state index in [4.69, 9.17) is 5.11 Å². The first-order valence-electron chi connectivity index (χ1n) is 5.05. The van der Waals surface area contributed by atoms with Crippen molar-refractivity contribution in [3.05, 3.63) is 0 Å². The lowest BCUT2D eigenvalue weighted by Crippen LogP contribution is -2.58. The van der Waals surface area contributed by atoms with Gasteiger partial charge in [0.25, 0.3) is 0 Å². The summed E-state index contributed by atoms with van der Waals surface area (Å²) in [6.07, 6.45) is 0.533. The molecule has 2 unspecified atom stereocenters. The molecule has 0 aromatic rings. The smallest absolute Gasteiger partial charge is 0.239 e. The molecule has 4 N–H and O–H groups in total. The van der Waals surface area contributed by atoms with Crippen molar-refractivity contribution in [3.8, 4) is 0 Å². The zero-order valence-corrected chi connectivity index (χ0v) is 8.75. The van der Waals surface area contributed by atoms with Crippen LogP contribution in [0.3, 0.4) is 0 Å². The number of carbonyl (C=O) groups is 2. The number of rotatable bonds is 4. The van der Waals surface area contributed by atoms with Gasteiger partial charge in [-0.25, -0.2) is 0 Å². The van der Waals surface area contributed by atoms with Gasteiger partial charge in [0.15, 0.2) is 0 Å². The Kier molecular flexibility index (Phi) is 4.51. The third-order valence-corrected chi connectivity index (χ3v) is 2.28. The monoisotopic (exact) mass is 215 g/mol. The highest BCUT2D eigenvalue weighted by Gasteiger charge is 2.24. The highest BCUT2D eigenvalue weighted by molar-refractivity contribution is 5.86. The Morgan fingerprint density at radius 3 is 3.00 bits per heavy atom. The fourth-order valence-corrected chi connectivity index (χ4v) is 1.36. The number of piperazine rings is 1. The van der Waals surface area contributed by atoms with Crippen LogP contribution in [0, 0.1) is 0 Å². The quantitative estimate of drug-likeness (QED) is 0.435. The zero-order chi connectivity index (χ0) is 11.3. The van der Waals surface area contributed by atoms with Gasteiger partial charge in [0.1, 0.15) is 6.04 Å². The summed E-state index contributed by atoms with van der Waals surface area (Å²) in [5.74, 6) is -0.238. The second-order valence-corrected chi connectivity index (χ2v) is 3.66. The summed E-state index contributed by atoms with van der Waals surface area (Å²) in [7, 11) is 0. The van der Waals surface area contributed by atoms with Crippen LogP contribution in [0.5, 0.6) is 0 Å². The van der Waals surface area contributed by atoms with Gasteiger partial charge in [0.2, 0.25) is 11.8 Å². The van der Waals surface area contributed by atoms with Crippen molar-refractivity contribution in [3.63, 3.8) is 0 Å². The largest absolute Gasteiger partial charge is 0.396 e. The number of aliphatic hydroxyl groups excluding tert-OH is 1. The van der Waals surface area contributed by atoms with Crippen molar-refractivity contribution in [2.45, 2.75) is 25.4 Å². The van der Waals surface area contributed by atoms with Crippen molar-refractivity contribution in [1.82, 2.24) is 16.0 Å². The van der Waals surface area contributed by atoms with E-state index in [0.29, 0.717) is 13.0 Å². The number of amides is 2. The van der Waals surface area contributed by atoms with Crippen LogP contribution in [0.15, 0.2) is 0 Å². The Morgan fingerprint density at radius 1 is 1.73 bits per heavy atom. The number of carbonyl (C=O) groups excluding carboxylic acids is 2. The molecule has 1 fully saturated rings. The van der Waals surface area contributed by atoms with Crippen molar-refractivity contribution < 1.29 is 14.7 Å². The van der Waals surface area contributed by atoms with E-state index in [0.717, 1.165) is 0 Å². The van der Waals surface area contributed by atoms with Gasteiger partial charge in [-0.05, 0) is 13.3 Å². The molecule has 2 amide bonds. The predicted octanol–water partition coefficient (Wildman–Crippen LogP) is -2.04. The molecule has 6 heteroatoms. The van der Waals surface area contributed by atoms with Gasteiger partial charge >= 0.3 is 0 Å². The molecule has 6 nitrogen and oxygen atoms in total. The minimum absolute atomic E-state index is 0.0519. The lowest BCUT2D eigenvalue weighted by Gasteiger charge is -2.24. The molecule has 1 rings (SSSR count).